The van der Waals surface area contributed by atoms with Crippen LogP contribution in [0.2, 0.25) is 0 Å². The fourth-order valence-electron chi connectivity index (χ4n) is 4.74. The van der Waals surface area contributed by atoms with Crippen LogP contribution < -0.4 is 0 Å². The fourth-order valence-corrected chi connectivity index (χ4v) is 4.74. The molecule has 0 aliphatic rings. The monoisotopic (exact) mass is 535 g/mol. The lowest BCUT2D eigenvalue weighted by Crippen LogP contribution is -2.09. The maximum absolute atomic E-state index is 11.7. The number of carbonyl (C=O) groups is 1. The van der Waals surface area contributed by atoms with Crippen LogP contribution in [0, 0.1) is 0 Å². The molecule has 0 N–H and O–H groups in total. The van der Waals surface area contributed by atoms with Gasteiger partial charge < -0.3 is 9.47 Å². The topological polar surface area (TPSA) is 35.5 Å². The Morgan fingerprint density at radius 2 is 0.737 bits per heavy atom. The third-order valence-electron chi connectivity index (χ3n) is 7.28. The number of hydrogen-bond donors (Lipinski definition) is 0. The molecular formula is C35H66O3. The molecule has 3 nitrogen and oxygen atoms in total. The summed E-state index contributed by atoms with van der Waals surface area (Å²) in [6.45, 7) is 5.52. The van der Waals surface area contributed by atoms with Gasteiger partial charge in [0.05, 0.1) is 13.2 Å². The van der Waals surface area contributed by atoms with Crippen molar-refractivity contribution in [3.8, 4) is 0 Å². The van der Waals surface area contributed by atoms with Crippen molar-refractivity contribution < 1.29 is 14.3 Å². The quantitative estimate of drug-likeness (QED) is 0.0522. The molecule has 0 radical (unpaired) electrons. The number of ether oxygens (including phenoxy) is 2. The van der Waals surface area contributed by atoms with Gasteiger partial charge in [0.1, 0.15) is 0 Å². The van der Waals surface area contributed by atoms with Gasteiger partial charge in [0.15, 0.2) is 0 Å². The molecule has 3 heteroatoms. The molecule has 0 bridgehead atoms. The highest BCUT2D eigenvalue weighted by Gasteiger charge is 2.03. The lowest BCUT2D eigenvalue weighted by Gasteiger charge is -2.06. The molecular weight excluding hydrogens is 468 g/mol. The first kappa shape index (κ1) is 36.8. The first-order valence-corrected chi connectivity index (χ1v) is 16.9. The van der Waals surface area contributed by atoms with Crippen LogP contribution in [0.3, 0.4) is 0 Å². The van der Waals surface area contributed by atoms with E-state index in [1.54, 1.807) is 0 Å². The van der Waals surface area contributed by atoms with E-state index in [2.05, 4.69) is 38.2 Å². The second kappa shape index (κ2) is 33.8. The molecule has 38 heavy (non-hydrogen) atoms. The van der Waals surface area contributed by atoms with Crippen LogP contribution in [0.15, 0.2) is 24.3 Å². The molecule has 0 rings (SSSR count). The fraction of sp³-hybridized carbons (Fsp3) is 0.857. The predicted octanol–water partition coefficient (Wildman–Crippen LogP) is 12.4. The van der Waals surface area contributed by atoms with Crippen molar-refractivity contribution in [2.45, 2.75) is 181 Å². The van der Waals surface area contributed by atoms with E-state index in [0.29, 0.717) is 13.2 Å². The molecule has 0 aromatic heterocycles. The van der Waals surface area contributed by atoms with E-state index in [9.17, 15) is 4.79 Å². The highest BCUT2D eigenvalue weighted by atomic mass is 16.7. The molecule has 0 fully saturated rings. The number of hydrogen-bond acceptors (Lipinski definition) is 3. The second-order valence-corrected chi connectivity index (χ2v) is 11.1. The molecule has 0 saturated heterocycles. The van der Waals surface area contributed by atoms with Crippen LogP contribution in [0.5, 0.6) is 0 Å². The molecule has 0 atom stereocenters. The van der Waals surface area contributed by atoms with Crippen LogP contribution in [-0.2, 0) is 9.47 Å². The lowest BCUT2D eigenvalue weighted by molar-refractivity contribution is 0.0529. The first-order valence-electron chi connectivity index (χ1n) is 16.9. The molecule has 0 heterocycles. The van der Waals surface area contributed by atoms with Crippen LogP contribution >= 0.6 is 0 Å². The Kier molecular flexibility index (Phi) is 32.7. The molecule has 0 saturated carbocycles. The average molecular weight is 535 g/mol. The highest BCUT2D eigenvalue weighted by molar-refractivity contribution is 5.59. The zero-order valence-corrected chi connectivity index (χ0v) is 25.8. The summed E-state index contributed by atoms with van der Waals surface area (Å²) >= 11 is 0. The van der Waals surface area contributed by atoms with Gasteiger partial charge in [-0.25, -0.2) is 4.79 Å². The van der Waals surface area contributed by atoms with E-state index < -0.39 is 6.16 Å². The van der Waals surface area contributed by atoms with E-state index in [-0.39, 0.29) is 0 Å². The van der Waals surface area contributed by atoms with Crippen molar-refractivity contribution in [1.29, 1.82) is 0 Å². The van der Waals surface area contributed by atoms with Crippen molar-refractivity contribution in [2.75, 3.05) is 13.2 Å². The summed E-state index contributed by atoms with van der Waals surface area (Å²) in [4.78, 5) is 11.7. The SMILES string of the molecule is CCCCCC=CCC=CCCCCCCCCOC(=O)OCCCCCCCCCCCCCCCC. The van der Waals surface area contributed by atoms with E-state index >= 15 is 0 Å². The summed E-state index contributed by atoms with van der Waals surface area (Å²) < 4.78 is 10.4. The molecule has 0 amide bonds. The average Bonchev–Trinajstić information content (AvgIpc) is 2.92. The Morgan fingerprint density at radius 3 is 1.16 bits per heavy atom. The third kappa shape index (κ3) is 32.8. The molecule has 0 aliphatic heterocycles. The van der Waals surface area contributed by atoms with Crippen molar-refractivity contribution >= 4 is 6.16 Å². The zero-order chi connectivity index (χ0) is 27.6. The van der Waals surface area contributed by atoms with Crippen molar-refractivity contribution in [3.63, 3.8) is 0 Å². The maximum Gasteiger partial charge on any atom is 0.508 e. The molecule has 224 valence electrons. The molecule has 0 spiro atoms. The van der Waals surface area contributed by atoms with Crippen LogP contribution in [0.4, 0.5) is 4.79 Å². The van der Waals surface area contributed by atoms with Crippen LogP contribution in [0.25, 0.3) is 0 Å². The lowest BCUT2D eigenvalue weighted by atomic mass is 10.0. The third-order valence-corrected chi connectivity index (χ3v) is 7.28. The summed E-state index contributed by atoms with van der Waals surface area (Å²) in [5.41, 5.74) is 0. The van der Waals surface area contributed by atoms with Gasteiger partial charge in [0, 0.05) is 0 Å². The molecule has 0 aliphatic carbocycles. The Hall–Kier alpha value is -1.25. The Balaban J connectivity index is 3.21. The van der Waals surface area contributed by atoms with E-state index in [4.69, 9.17) is 9.47 Å². The van der Waals surface area contributed by atoms with E-state index in [1.165, 1.54) is 135 Å². The van der Waals surface area contributed by atoms with Gasteiger partial charge in [-0.15, -0.1) is 0 Å². The van der Waals surface area contributed by atoms with Gasteiger partial charge in [0.25, 0.3) is 0 Å². The summed E-state index contributed by atoms with van der Waals surface area (Å²) in [7, 11) is 0. The summed E-state index contributed by atoms with van der Waals surface area (Å²) in [5, 5.41) is 0. The molecule has 0 aromatic rings. The van der Waals surface area contributed by atoms with Crippen LogP contribution in [-0.4, -0.2) is 19.4 Å². The van der Waals surface area contributed by atoms with Gasteiger partial charge in [0.2, 0.25) is 0 Å². The van der Waals surface area contributed by atoms with Gasteiger partial charge in [-0.3, -0.25) is 0 Å². The summed E-state index contributed by atoms with van der Waals surface area (Å²) in [6.07, 6.45) is 42.0. The van der Waals surface area contributed by atoms with Crippen LogP contribution in [0.1, 0.15) is 181 Å². The normalized spacial score (nSPS) is 11.6. The number of allylic oxidation sites excluding steroid dienone is 4. The minimum absolute atomic E-state index is 0.484. The van der Waals surface area contributed by atoms with Gasteiger partial charge in [-0.1, -0.05) is 160 Å². The number of rotatable bonds is 30. The van der Waals surface area contributed by atoms with Crippen molar-refractivity contribution in [1.82, 2.24) is 0 Å². The zero-order valence-electron chi connectivity index (χ0n) is 25.8. The molecule has 0 aromatic carbocycles. The van der Waals surface area contributed by atoms with E-state index in [1.807, 2.05) is 0 Å². The van der Waals surface area contributed by atoms with E-state index in [0.717, 1.165) is 32.1 Å². The standard InChI is InChI=1S/C35H66O3/c1-3-5-7-9-11-13-15-17-19-20-22-24-26-28-30-32-34-38-35(36)37-33-31-29-27-25-23-21-18-16-14-12-10-8-6-4-2/h11,13,17,19H,3-10,12,14-16,18,20-34H2,1-2H3. The van der Waals surface area contributed by atoms with Crippen molar-refractivity contribution in [2.24, 2.45) is 0 Å². The largest absolute Gasteiger partial charge is 0.508 e. The summed E-state index contributed by atoms with van der Waals surface area (Å²) in [6, 6.07) is 0. The Bertz CT molecular complexity index is 511. The molecule has 0 unspecified atom stereocenters. The van der Waals surface area contributed by atoms with Gasteiger partial charge in [-0.05, 0) is 44.9 Å². The number of unbranched alkanes of at least 4 members (excludes halogenated alkanes) is 22. The smallest absolute Gasteiger partial charge is 0.434 e. The second-order valence-electron chi connectivity index (χ2n) is 11.1. The van der Waals surface area contributed by atoms with Crippen molar-refractivity contribution in [3.05, 3.63) is 24.3 Å². The van der Waals surface area contributed by atoms with Gasteiger partial charge >= 0.3 is 6.16 Å². The highest BCUT2D eigenvalue weighted by Crippen LogP contribution is 2.13. The first-order chi connectivity index (χ1) is 18.8. The maximum atomic E-state index is 11.7. The Morgan fingerprint density at radius 1 is 0.421 bits per heavy atom. The Labute approximate surface area is 238 Å². The minimum atomic E-state index is -0.484. The minimum Gasteiger partial charge on any atom is -0.434 e. The predicted molar refractivity (Wildman–Crippen MR) is 167 cm³/mol. The van der Waals surface area contributed by atoms with Gasteiger partial charge in [-0.2, -0.15) is 0 Å². The number of carbonyl (C=O) groups excluding carboxylic acids is 1. The summed E-state index contributed by atoms with van der Waals surface area (Å²) in [5.74, 6) is 0.